The highest BCUT2D eigenvalue weighted by molar-refractivity contribution is 5.80. The number of hydrogen-bond acceptors (Lipinski definition) is 2. The first-order valence-electron chi connectivity index (χ1n) is 5.90. The number of ketones is 1. The molecule has 0 radical (unpaired) electrons. The van der Waals surface area contributed by atoms with E-state index in [0.717, 1.165) is 25.7 Å². The van der Waals surface area contributed by atoms with Crippen LogP contribution in [0, 0.1) is 0 Å². The highest BCUT2D eigenvalue weighted by Crippen LogP contribution is 2.22. The Bertz CT molecular complexity index is 171. The molecule has 1 saturated carbocycles. The van der Waals surface area contributed by atoms with Crippen molar-refractivity contribution in [3.05, 3.63) is 0 Å². The molecule has 0 heterocycles. The molecular formula is C12H22O2. The van der Waals surface area contributed by atoms with Crippen LogP contribution in [0.3, 0.4) is 0 Å². The SMILES string of the molecule is CCC[C@@H](OC1CCCCC1)C(C)=O. The Morgan fingerprint density at radius 3 is 2.50 bits per heavy atom. The van der Waals surface area contributed by atoms with Gasteiger partial charge in [-0.05, 0) is 26.2 Å². The molecule has 0 bridgehead atoms. The summed E-state index contributed by atoms with van der Waals surface area (Å²) in [6, 6.07) is 0. The number of carbonyl (C=O) groups excluding carboxylic acids is 1. The number of hydrogen-bond donors (Lipinski definition) is 0. The van der Waals surface area contributed by atoms with Crippen LogP contribution in [-0.2, 0) is 9.53 Å². The van der Waals surface area contributed by atoms with E-state index in [4.69, 9.17) is 4.74 Å². The first kappa shape index (κ1) is 11.7. The second-order valence-corrected chi connectivity index (χ2v) is 4.28. The molecule has 0 aliphatic heterocycles. The van der Waals surface area contributed by atoms with E-state index in [-0.39, 0.29) is 11.9 Å². The van der Waals surface area contributed by atoms with Crippen molar-refractivity contribution in [1.82, 2.24) is 0 Å². The molecule has 1 rings (SSSR count). The molecular weight excluding hydrogens is 176 g/mol. The zero-order chi connectivity index (χ0) is 10.4. The van der Waals surface area contributed by atoms with Crippen molar-refractivity contribution >= 4 is 5.78 Å². The minimum Gasteiger partial charge on any atom is -0.367 e. The van der Waals surface area contributed by atoms with E-state index < -0.39 is 0 Å². The predicted molar refractivity (Wildman–Crippen MR) is 57.3 cm³/mol. The maximum absolute atomic E-state index is 11.3. The summed E-state index contributed by atoms with van der Waals surface area (Å²) < 4.78 is 5.84. The molecule has 14 heavy (non-hydrogen) atoms. The van der Waals surface area contributed by atoms with Crippen LogP contribution in [0.15, 0.2) is 0 Å². The Balaban J connectivity index is 2.33. The first-order chi connectivity index (χ1) is 6.74. The first-order valence-corrected chi connectivity index (χ1v) is 5.90. The maximum atomic E-state index is 11.3. The van der Waals surface area contributed by atoms with Crippen molar-refractivity contribution < 1.29 is 9.53 Å². The van der Waals surface area contributed by atoms with E-state index in [0.29, 0.717) is 6.10 Å². The van der Waals surface area contributed by atoms with Crippen LogP contribution in [0.4, 0.5) is 0 Å². The number of ether oxygens (including phenoxy) is 1. The van der Waals surface area contributed by atoms with Crippen LogP contribution in [0.25, 0.3) is 0 Å². The Morgan fingerprint density at radius 1 is 1.36 bits per heavy atom. The Hall–Kier alpha value is -0.370. The van der Waals surface area contributed by atoms with E-state index in [1.807, 2.05) is 0 Å². The molecule has 2 nitrogen and oxygen atoms in total. The molecule has 0 aromatic heterocycles. The molecule has 0 unspecified atom stereocenters. The fourth-order valence-electron chi connectivity index (χ4n) is 2.06. The predicted octanol–water partition coefficient (Wildman–Crippen LogP) is 3.09. The van der Waals surface area contributed by atoms with Gasteiger partial charge in [-0.1, -0.05) is 32.6 Å². The molecule has 0 spiro atoms. The molecule has 0 amide bonds. The summed E-state index contributed by atoms with van der Waals surface area (Å²) in [5, 5.41) is 0. The lowest BCUT2D eigenvalue weighted by Crippen LogP contribution is -2.29. The Morgan fingerprint density at radius 2 is 2.00 bits per heavy atom. The average Bonchev–Trinajstić information content (AvgIpc) is 2.18. The summed E-state index contributed by atoms with van der Waals surface area (Å²) in [7, 11) is 0. The summed E-state index contributed by atoms with van der Waals surface area (Å²) in [4.78, 5) is 11.3. The van der Waals surface area contributed by atoms with Crippen LogP contribution in [0.2, 0.25) is 0 Å². The second kappa shape index (κ2) is 6.18. The van der Waals surface area contributed by atoms with Gasteiger partial charge in [-0.25, -0.2) is 0 Å². The Kier molecular flexibility index (Phi) is 5.16. The van der Waals surface area contributed by atoms with Gasteiger partial charge in [0.25, 0.3) is 0 Å². The average molecular weight is 198 g/mol. The minimum atomic E-state index is -0.136. The summed E-state index contributed by atoms with van der Waals surface area (Å²) in [6.07, 6.45) is 8.28. The summed E-state index contributed by atoms with van der Waals surface area (Å²) in [5.41, 5.74) is 0. The Labute approximate surface area is 87.0 Å². The zero-order valence-corrected chi connectivity index (χ0v) is 9.42. The smallest absolute Gasteiger partial charge is 0.158 e. The van der Waals surface area contributed by atoms with Gasteiger partial charge in [-0.2, -0.15) is 0 Å². The molecule has 0 aromatic rings. The second-order valence-electron chi connectivity index (χ2n) is 4.28. The molecule has 0 N–H and O–H groups in total. The van der Waals surface area contributed by atoms with E-state index in [9.17, 15) is 4.79 Å². The normalized spacial score (nSPS) is 20.7. The van der Waals surface area contributed by atoms with Crippen molar-refractivity contribution in [2.24, 2.45) is 0 Å². The van der Waals surface area contributed by atoms with Gasteiger partial charge in [0.15, 0.2) is 5.78 Å². The lowest BCUT2D eigenvalue weighted by molar-refractivity contribution is -0.134. The molecule has 2 heteroatoms. The maximum Gasteiger partial charge on any atom is 0.158 e. The van der Waals surface area contributed by atoms with E-state index in [2.05, 4.69) is 6.92 Å². The van der Waals surface area contributed by atoms with Gasteiger partial charge in [-0.3, -0.25) is 4.79 Å². The summed E-state index contributed by atoms with van der Waals surface area (Å²) in [5.74, 6) is 0.192. The largest absolute Gasteiger partial charge is 0.367 e. The quantitative estimate of drug-likeness (QED) is 0.678. The van der Waals surface area contributed by atoms with Gasteiger partial charge >= 0.3 is 0 Å². The van der Waals surface area contributed by atoms with Crippen molar-refractivity contribution in [1.29, 1.82) is 0 Å². The van der Waals surface area contributed by atoms with Crippen LogP contribution in [0.5, 0.6) is 0 Å². The van der Waals surface area contributed by atoms with Crippen LogP contribution >= 0.6 is 0 Å². The lowest BCUT2D eigenvalue weighted by atomic mass is 9.97. The van der Waals surface area contributed by atoms with Crippen molar-refractivity contribution in [2.45, 2.75) is 71.0 Å². The topological polar surface area (TPSA) is 26.3 Å². The molecule has 0 saturated heterocycles. The molecule has 1 aliphatic carbocycles. The van der Waals surface area contributed by atoms with Gasteiger partial charge < -0.3 is 4.74 Å². The van der Waals surface area contributed by atoms with Crippen LogP contribution in [-0.4, -0.2) is 18.0 Å². The standard InChI is InChI=1S/C12H22O2/c1-3-7-12(10(2)13)14-11-8-5-4-6-9-11/h11-12H,3-9H2,1-2H3/t12-/m1/s1. The van der Waals surface area contributed by atoms with Crippen molar-refractivity contribution in [3.8, 4) is 0 Å². The third kappa shape index (κ3) is 3.79. The lowest BCUT2D eigenvalue weighted by Gasteiger charge is -2.26. The van der Waals surface area contributed by atoms with Crippen molar-refractivity contribution in [2.75, 3.05) is 0 Å². The van der Waals surface area contributed by atoms with E-state index in [1.54, 1.807) is 6.92 Å². The fraction of sp³-hybridized carbons (Fsp3) is 0.917. The molecule has 0 aromatic carbocycles. The van der Waals surface area contributed by atoms with Crippen molar-refractivity contribution in [3.63, 3.8) is 0 Å². The van der Waals surface area contributed by atoms with Gasteiger partial charge in [0, 0.05) is 0 Å². The highest BCUT2D eigenvalue weighted by atomic mass is 16.5. The monoisotopic (exact) mass is 198 g/mol. The van der Waals surface area contributed by atoms with Gasteiger partial charge in [0.05, 0.1) is 6.10 Å². The van der Waals surface area contributed by atoms with Gasteiger partial charge in [0.1, 0.15) is 6.10 Å². The molecule has 1 atom stereocenters. The summed E-state index contributed by atoms with van der Waals surface area (Å²) in [6.45, 7) is 3.74. The fourth-order valence-corrected chi connectivity index (χ4v) is 2.06. The third-order valence-corrected chi connectivity index (χ3v) is 2.91. The minimum absolute atomic E-state index is 0.136. The van der Waals surface area contributed by atoms with Crippen LogP contribution < -0.4 is 0 Å². The number of rotatable bonds is 5. The molecule has 1 fully saturated rings. The number of Topliss-reactive ketones (excluding diaryl/α,β-unsaturated/α-hetero) is 1. The van der Waals surface area contributed by atoms with Gasteiger partial charge in [-0.15, -0.1) is 0 Å². The van der Waals surface area contributed by atoms with Gasteiger partial charge in [0.2, 0.25) is 0 Å². The summed E-state index contributed by atoms with van der Waals surface area (Å²) >= 11 is 0. The number of carbonyl (C=O) groups is 1. The zero-order valence-electron chi connectivity index (χ0n) is 9.42. The van der Waals surface area contributed by atoms with E-state index >= 15 is 0 Å². The van der Waals surface area contributed by atoms with E-state index in [1.165, 1.54) is 19.3 Å². The molecule has 1 aliphatic rings. The molecule has 82 valence electrons. The third-order valence-electron chi connectivity index (χ3n) is 2.91. The van der Waals surface area contributed by atoms with Crippen LogP contribution in [0.1, 0.15) is 58.8 Å². The highest BCUT2D eigenvalue weighted by Gasteiger charge is 2.21.